The van der Waals surface area contributed by atoms with Gasteiger partial charge in [-0.2, -0.15) is 0 Å². The predicted molar refractivity (Wildman–Crippen MR) is 80.8 cm³/mol. The summed E-state index contributed by atoms with van der Waals surface area (Å²) in [6.07, 6.45) is 0.421. The predicted octanol–water partition coefficient (Wildman–Crippen LogP) is 1.96. The monoisotopic (exact) mass is 279 g/mol. The molecule has 4 N–H and O–H groups in total. The molecule has 5 nitrogen and oxygen atoms in total. The van der Waals surface area contributed by atoms with Gasteiger partial charge in [-0.25, -0.2) is 0 Å². The zero-order valence-corrected chi connectivity index (χ0v) is 12.5. The quantitative estimate of drug-likeness (QED) is 0.308. The van der Waals surface area contributed by atoms with Crippen molar-refractivity contribution in [3.8, 4) is 0 Å². The maximum atomic E-state index is 10.1. The number of aliphatic hydroxyl groups is 1. The van der Waals surface area contributed by atoms with Gasteiger partial charge >= 0.3 is 0 Å². The maximum absolute atomic E-state index is 10.1. The molecule has 1 aromatic carbocycles. The molecule has 0 bridgehead atoms. The van der Waals surface area contributed by atoms with Crippen LogP contribution in [0.15, 0.2) is 35.5 Å². The Hall–Kier alpha value is -1.59. The fraction of sp³-hybridized carbons (Fsp3) is 0.533. The maximum Gasteiger partial charge on any atom is 0.141 e. The largest absolute Gasteiger partial charge is 0.409 e. The Morgan fingerprint density at radius 2 is 1.95 bits per heavy atom. The summed E-state index contributed by atoms with van der Waals surface area (Å²) in [5.74, 6) is 0.188. The lowest BCUT2D eigenvalue weighted by Crippen LogP contribution is -2.41. The Morgan fingerprint density at radius 1 is 1.35 bits per heavy atom. The number of amidine groups is 1. The summed E-state index contributed by atoms with van der Waals surface area (Å²) in [4.78, 5) is 2.13. The van der Waals surface area contributed by atoms with Gasteiger partial charge in [0.15, 0.2) is 0 Å². The molecule has 5 heteroatoms. The van der Waals surface area contributed by atoms with Crippen LogP contribution in [0.4, 0.5) is 0 Å². The zero-order valence-electron chi connectivity index (χ0n) is 12.5. The highest BCUT2D eigenvalue weighted by Crippen LogP contribution is 2.25. The van der Waals surface area contributed by atoms with E-state index >= 15 is 0 Å². The second-order valence-electron chi connectivity index (χ2n) is 5.60. The molecule has 1 unspecified atom stereocenters. The van der Waals surface area contributed by atoms with Crippen molar-refractivity contribution < 1.29 is 10.3 Å². The van der Waals surface area contributed by atoms with E-state index in [9.17, 15) is 5.11 Å². The van der Waals surface area contributed by atoms with Crippen molar-refractivity contribution >= 4 is 5.84 Å². The minimum Gasteiger partial charge on any atom is -0.409 e. The molecule has 0 aromatic heterocycles. The topological polar surface area (TPSA) is 82.1 Å². The normalized spacial score (nSPS) is 14.6. The molecular weight excluding hydrogens is 254 g/mol. The number of hydrogen-bond donors (Lipinski definition) is 3. The van der Waals surface area contributed by atoms with Crippen molar-refractivity contribution in [3.63, 3.8) is 0 Å². The first-order valence-electron chi connectivity index (χ1n) is 6.85. The van der Waals surface area contributed by atoms with Crippen LogP contribution < -0.4 is 5.73 Å². The van der Waals surface area contributed by atoms with Gasteiger partial charge in [0.05, 0.1) is 5.60 Å². The molecule has 0 amide bonds. The Morgan fingerprint density at radius 3 is 2.40 bits per heavy atom. The van der Waals surface area contributed by atoms with E-state index in [1.807, 2.05) is 37.3 Å². The molecule has 112 valence electrons. The van der Waals surface area contributed by atoms with Crippen LogP contribution in [0.25, 0.3) is 0 Å². The van der Waals surface area contributed by atoms with Gasteiger partial charge in [0.1, 0.15) is 5.84 Å². The third-order valence-electron chi connectivity index (χ3n) is 3.15. The second-order valence-corrected chi connectivity index (χ2v) is 5.60. The van der Waals surface area contributed by atoms with Crippen molar-refractivity contribution in [3.05, 3.63) is 35.9 Å². The highest BCUT2D eigenvalue weighted by molar-refractivity contribution is 5.80. The molecule has 0 aliphatic carbocycles. The fourth-order valence-electron chi connectivity index (χ4n) is 2.31. The van der Waals surface area contributed by atoms with Gasteiger partial charge < -0.3 is 16.0 Å². The first-order chi connectivity index (χ1) is 9.37. The van der Waals surface area contributed by atoms with Crippen molar-refractivity contribution in [2.45, 2.75) is 38.8 Å². The third-order valence-corrected chi connectivity index (χ3v) is 3.15. The van der Waals surface area contributed by atoms with E-state index in [-0.39, 0.29) is 11.9 Å². The lowest BCUT2D eigenvalue weighted by Gasteiger charge is -2.35. The van der Waals surface area contributed by atoms with Gasteiger partial charge in [0, 0.05) is 19.0 Å². The molecule has 0 spiro atoms. The highest BCUT2D eigenvalue weighted by atomic mass is 16.4. The molecule has 0 radical (unpaired) electrons. The van der Waals surface area contributed by atoms with Gasteiger partial charge in [0.2, 0.25) is 0 Å². The summed E-state index contributed by atoms with van der Waals surface area (Å²) in [6, 6.07) is 9.89. The zero-order chi connectivity index (χ0) is 15.2. The van der Waals surface area contributed by atoms with E-state index in [0.29, 0.717) is 13.0 Å². The molecule has 0 saturated heterocycles. The van der Waals surface area contributed by atoms with Gasteiger partial charge in [0.25, 0.3) is 0 Å². The lowest BCUT2D eigenvalue weighted by atomic mass is 9.99. The van der Waals surface area contributed by atoms with E-state index in [1.165, 1.54) is 0 Å². The molecule has 0 aliphatic heterocycles. The molecule has 0 saturated carbocycles. The number of nitrogens with zero attached hydrogens (tertiary/aromatic N) is 2. The number of benzene rings is 1. The average molecular weight is 279 g/mol. The van der Waals surface area contributed by atoms with E-state index in [0.717, 1.165) is 12.1 Å². The summed E-state index contributed by atoms with van der Waals surface area (Å²) in [7, 11) is 0. The van der Waals surface area contributed by atoms with Crippen LogP contribution in [0.1, 0.15) is 38.8 Å². The number of oxime groups is 1. The Balaban J connectivity index is 3.02. The first kappa shape index (κ1) is 16.5. The summed E-state index contributed by atoms with van der Waals surface area (Å²) in [5, 5.41) is 21.9. The summed E-state index contributed by atoms with van der Waals surface area (Å²) in [6.45, 7) is 6.88. The van der Waals surface area contributed by atoms with Gasteiger partial charge in [-0.3, -0.25) is 4.90 Å². The number of nitrogens with two attached hydrogens (primary N) is 1. The van der Waals surface area contributed by atoms with Crippen molar-refractivity contribution in [1.29, 1.82) is 0 Å². The molecular formula is C15H25N3O2. The van der Waals surface area contributed by atoms with Crippen molar-refractivity contribution in [1.82, 2.24) is 4.90 Å². The molecule has 1 aromatic rings. The second kappa shape index (κ2) is 7.26. The lowest BCUT2D eigenvalue weighted by molar-refractivity contribution is 0.0230. The third kappa shape index (κ3) is 5.19. The number of likely N-dealkylation sites (N-methyl/N-ethyl adjacent to an activating group) is 1. The van der Waals surface area contributed by atoms with Gasteiger partial charge in [-0.05, 0) is 26.0 Å². The van der Waals surface area contributed by atoms with Crippen LogP contribution >= 0.6 is 0 Å². The van der Waals surface area contributed by atoms with Crippen LogP contribution in [-0.4, -0.2) is 39.7 Å². The van der Waals surface area contributed by atoms with Crippen LogP contribution in [0, 0.1) is 0 Å². The molecule has 0 fully saturated rings. The minimum atomic E-state index is -0.797. The summed E-state index contributed by atoms with van der Waals surface area (Å²) >= 11 is 0. The van der Waals surface area contributed by atoms with Crippen LogP contribution in [0.5, 0.6) is 0 Å². The van der Waals surface area contributed by atoms with Gasteiger partial charge in [-0.1, -0.05) is 42.4 Å². The highest BCUT2D eigenvalue weighted by Gasteiger charge is 2.25. The van der Waals surface area contributed by atoms with Crippen LogP contribution in [0.3, 0.4) is 0 Å². The molecule has 0 aliphatic rings. The number of hydrogen-bond acceptors (Lipinski definition) is 4. The average Bonchev–Trinajstić information content (AvgIpc) is 2.42. The van der Waals surface area contributed by atoms with Crippen molar-refractivity contribution in [2.75, 3.05) is 13.1 Å². The number of rotatable bonds is 7. The van der Waals surface area contributed by atoms with E-state index < -0.39 is 5.60 Å². The fourth-order valence-corrected chi connectivity index (χ4v) is 2.31. The molecule has 20 heavy (non-hydrogen) atoms. The van der Waals surface area contributed by atoms with E-state index in [4.69, 9.17) is 10.9 Å². The van der Waals surface area contributed by atoms with Crippen LogP contribution in [0.2, 0.25) is 0 Å². The van der Waals surface area contributed by atoms with Gasteiger partial charge in [-0.15, -0.1) is 0 Å². The Bertz CT molecular complexity index is 426. The van der Waals surface area contributed by atoms with E-state index in [2.05, 4.69) is 10.1 Å². The summed E-state index contributed by atoms with van der Waals surface area (Å²) < 4.78 is 0. The minimum absolute atomic E-state index is 0.0245. The van der Waals surface area contributed by atoms with Crippen LogP contribution in [-0.2, 0) is 0 Å². The first-order valence-corrected chi connectivity index (χ1v) is 6.85. The smallest absolute Gasteiger partial charge is 0.141 e. The molecule has 0 heterocycles. The molecule has 1 atom stereocenters. The molecule has 1 rings (SSSR count). The Labute approximate surface area is 120 Å². The SMILES string of the molecule is CCN(CC(C)(C)O)C(CC(N)=NO)c1ccccc1. The Kier molecular flexibility index (Phi) is 5.98. The standard InChI is InChI=1S/C15H25N3O2/c1-4-18(11-15(2,3)19)13(10-14(16)17-20)12-8-6-5-7-9-12/h5-9,13,19-20H,4,10-11H2,1-3H3,(H2,16,17). The van der Waals surface area contributed by atoms with E-state index in [1.54, 1.807) is 13.8 Å². The van der Waals surface area contributed by atoms with Crippen molar-refractivity contribution in [2.24, 2.45) is 10.9 Å². The summed E-state index contributed by atoms with van der Waals surface area (Å²) in [5.41, 5.74) is 5.97.